The predicted octanol–water partition coefficient (Wildman–Crippen LogP) is 0.846. The van der Waals surface area contributed by atoms with Gasteiger partial charge in [-0.15, -0.1) is 0 Å². The molecule has 1 aliphatic carbocycles. The molecule has 1 saturated carbocycles. The van der Waals surface area contributed by atoms with Gasteiger partial charge in [-0.1, -0.05) is 0 Å². The second-order valence-corrected chi connectivity index (χ2v) is 5.18. The third-order valence-corrected chi connectivity index (χ3v) is 3.77. The van der Waals surface area contributed by atoms with Crippen LogP contribution in [0.4, 0.5) is 0 Å². The van der Waals surface area contributed by atoms with E-state index in [4.69, 9.17) is 5.11 Å². The first-order chi connectivity index (χ1) is 8.31. The molecular weight excluding hydrogens is 216 g/mol. The van der Waals surface area contributed by atoms with E-state index in [9.17, 15) is 4.79 Å². The standard InChI is InChI=1S/C13H24N2O2/c16-11-10-14(12-4-5-12)9-6-13(17)15-7-2-1-3-8-15/h12,16H,1-11H2. The summed E-state index contributed by atoms with van der Waals surface area (Å²) in [7, 11) is 0. The summed E-state index contributed by atoms with van der Waals surface area (Å²) in [6.45, 7) is 3.64. The van der Waals surface area contributed by atoms with E-state index in [0.29, 0.717) is 18.4 Å². The van der Waals surface area contributed by atoms with Crippen molar-refractivity contribution in [3.8, 4) is 0 Å². The van der Waals surface area contributed by atoms with Gasteiger partial charge in [0.05, 0.1) is 6.61 Å². The number of hydrogen-bond acceptors (Lipinski definition) is 3. The van der Waals surface area contributed by atoms with Crippen molar-refractivity contribution in [3.05, 3.63) is 0 Å². The van der Waals surface area contributed by atoms with E-state index < -0.39 is 0 Å². The van der Waals surface area contributed by atoms with E-state index >= 15 is 0 Å². The van der Waals surface area contributed by atoms with Gasteiger partial charge >= 0.3 is 0 Å². The van der Waals surface area contributed by atoms with Crippen LogP contribution in [0, 0.1) is 0 Å². The van der Waals surface area contributed by atoms with Crippen LogP contribution in [-0.2, 0) is 4.79 Å². The molecule has 4 nitrogen and oxygen atoms in total. The Labute approximate surface area is 104 Å². The molecule has 1 heterocycles. The minimum Gasteiger partial charge on any atom is -0.395 e. The van der Waals surface area contributed by atoms with Crippen LogP contribution in [0.2, 0.25) is 0 Å². The molecule has 2 fully saturated rings. The van der Waals surface area contributed by atoms with Gasteiger partial charge in [-0.2, -0.15) is 0 Å². The van der Waals surface area contributed by atoms with Gasteiger partial charge in [0, 0.05) is 38.6 Å². The van der Waals surface area contributed by atoms with Gasteiger partial charge in [0.15, 0.2) is 0 Å². The van der Waals surface area contributed by atoms with Crippen LogP contribution in [0.25, 0.3) is 0 Å². The zero-order valence-corrected chi connectivity index (χ0v) is 10.6. The Balaban J connectivity index is 1.69. The number of hydrogen-bond donors (Lipinski definition) is 1. The molecule has 2 aliphatic rings. The number of amides is 1. The van der Waals surface area contributed by atoms with E-state index in [-0.39, 0.29) is 6.61 Å². The maximum Gasteiger partial charge on any atom is 0.223 e. The zero-order chi connectivity index (χ0) is 12.1. The first-order valence-corrected chi connectivity index (χ1v) is 6.94. The van der Waals surface area contributed by atoms with Gasteiger partial charge in [-0.3, -0.25) is 9.69 Å². The fourth-order valence-electron chi connectivity index (χ4n) is 2.59. The lowest BCUT2D eigenvalue weighted by molar-refractivity contribution is -0.132. The molecular formula is C13H24N2O2. The highest BCUT2D eigenvalue weighted by Crippen LogP contribution is 2.26. The first-order valence-electron chi connectivity index (χ1n) is 6.94. The van der Waals surface area contributed by atoms with E-state index in [1.54, 1.807) is 0 Å². The Kier molecular flexibility index (Phi) is 4.80. The van der Waals surface area contributed by atoms with Crippen molar-refractivity contribution in [2.24, 2.45) is 0 Å². The van der Waals surface area contributed by atoms with Crippen LogP contribution in [0.15, 0.2) is 0 Å². The fourth-order valence-corrected chi connectivity index (χ4v) is 2.59. The summed E-state index contributed by atoms with van der Waals surface area (Å²) in [5.41, 5.74) is 0. The highest BCUT2D eigenvalue weighted by molar-refractivity contribution is 5.76. The molecule has 17 heavy (non-hydrogen) atoms. The number of aliphatic hydroxyl groups excluding tert-OH is 1. The highest BCUT2D eigenvalue weighted by atomic mass is 16.3. The van der Waals surface area contributed by atoms with Crippen LogP contribution in [-0.4, -0.2) is 59.6 Å². The summed E-state index contributed by atoms with van der Waals surface area (Å²) in [5.74, 6) is 0.299. The SMILES string of the molecule is O=C(CCN(CCO)C1CC1)N1CCCCC1. The lowest BCUT2D eigenvalue weighted by atomic mass is 10.1. The van der Waals surface area contributed by atoms with E-state index in [1.165, 1.54) is 19.3 Å². The Bertz CT molecular complexity index is 248. The van der Waals surface area contributed by atoms with Gasteiger partial charge in [0.2, 0.25) is 5.91 Å². The van der Waals surface area contributed by atoms with Crippen molar-refractivity contribution in [1.82, 2.24) is 9.80 Å². The minimum atomic E-state index is 0.203. The van der Waals surface area contributed by atoms with Gasteiger partial charge in [-0.05, 0) is 32.1 Å². The summed E-state index contributed by atoms with van der Waals surface area (Å²) in [5, 5.41) is 8.99. The topological polar surface area (TPSA) is 43.8 Å². The molecule has 1 amide bonds. The van der Waals surface area contributed by atoms with Gasteiger partial charge < -0.3 is 10.0 Å². The maximum absolute atomic E-state index is 12.0. The van der Waals surface area contributed by atoms with Crippen molar-refractivity contribution >= 4 is 5.91 Å². The summed E-state index contributed by atoms with van der Waals surface area (Å²) in [4.78, 5) is 16.3. The van der Waals surface area contributed by atoms with Crippen LogP contribution >= 0.6 is 0 Å². The van der Waals surface area contributed by atoms with Crippen LogP contribution < -0.4 is 0 Å². The summed E-state index contributed by atoms with van der Waals surface area (Å²) < 4.78 is 0. The molecule has 0 aromatic heterocycles. The molecule has 0 spiro atoms. The quantitative estimate of drug-likeness (QED) is 0.748. The Hall–Kier alpha value is -0.610. The maximum atomic E-state index is 12.0. The monoisotopic (exact) mass is 240 g/mol. The molecule has 0 aromatic rings. The van der Waals surface area contributed by atoms with E-state index in [2.05, 4.69) is 4.90 Å². The summed E-state index contributed by atoms with van der Waals surface area (Å²) in [6, 6.07) is 0.635. The zero-order valence-electron chi connectivity index (χ0n) is 10.6. The summed E-state index contributed by atoms with van der Waals surface area (Å²) in [6.07, 6.45) is 6.68. The predicted molar refractivity (Wildman–Crippen MR) is 66.7 cm³/mol. The number of likely N-dealkylation sites (tertiary alicyclic amines) is 1. The number of carbonyl (C=O) groups excluding carboxylic acids is 1. The van der Waals surface area contributed by atoms with Crippen molar-refractivity contribution in [3.63, 3.8) is 0 Å². The van der Waals surface area contributed by atoms with Gasteiger partial charge in [0.1, 0.15) is 0 Å². The van der Waals surface area contributed by atoms with Crippen LogP contribution in [0.5, 0.6) is 0 Å². The Morgan fingerprint density at radius 2 is 1.88 bits per heavy atom. The smallest absolute Gasteiger partial charge is 0.223 e. The van der Waals surface area contributed by atoms with Gasteiger partial charge in [0.25, 0.3) is 0 Å². The third kappa shape index (κ3) is 3.96. The molecule has 2 rings (SSSR count). The third-order valence-electron chi connectivity index (χ3n) is 3.77. The van der Waals surface area contributed by atoms with Crippen molar-refractivity contribution in [2.45, 2.75) is 44.6 Å². The number of carbonyl (C=O) groups is 1. The normalized spacial score (nSPS) is 20.9. The largest absolute Gasteiger partial charge is 0.395 e. The lowest BCUT2D eigenvalue weighted by Gasteiger charge is -2.28. The molecule has 98 valence electrons. The number of piperidine rings is 1. The average molecular weight is 240 g/mol. The van der Waals surface area contributed by atoms with Crippen molar-refractivity contribution in [1.29, 1.82) is 0 Å². The molecule has 0 aromatic carbocycles. The number of rotatable bonds is 6. The molecule has 0 atom stereocenters. The van der Waals surface area contributed by atoms with Gasteiger partial charge in [-0.25, -0.2) is 0 Å². The molecule has 4 heteroatoms. The van der Waals surface area contributed by atoms with Crippen molar-refractivity contribution < 1.29 is 9.90 Å². The molecule has 0 radical (unpaired) electrons. The molecule has 1 saturated heterocycles. The second-order valence-electron chi connectivity index (χ2n) is 5.18. The lowest BCUT2D eigenvalue weighted by Crippen LogP contribution is -2.38. The Morgan fingerprint density at radius 1 is 1.18 bits per heavy atom. The second kappa shape index (κ2) is 6.36. The Morgan fingerprint density at radius 3 is 2.47 bits per heavy atom. The molecule has 1 N–H and O–H groups in total. The molecule has 0 bridgehead atoms. The van der Waals surface area contributed by atoms with Crippen LogP contribution in [0.3, 0.4) is 0 Å². The van der Waals surface area contributed by atoms with E-state index in [1.807, 2.05) is 4.90 Å². The van der Waals surface area contributed by atoms with Crippen molar-refractivity contribution in [2.75, 3.05) is 32.8 Å². The number of nitrogens with zero attached hydrogens (tertiary/aromatic N) is 2. The first kappa shape index (κ1) is 12.8. The number of aliphatic hydroxyl groups is 1. The van der Waals surface area contributed by atoms with Crippen LogP contribution in [0.1, 0.15) is 38.5 Å². The highest BCUT2D eigenvalue weighted by Gasteiger charge is 2.29. The average Bonchev–Trinajstić information content (AvgIpc) is 3.19. The van der Waals surface area contributed by atoms with E-state index in [0.717, 1.165) is 39.0 Å². The minimum absolute atomic E-state index is 0.203. The molecule has 0 unspecified atom stereocenters. The molecule has 1 aliphatic heterocycles. The fraction of sp³-hybridized carbons (Fsp3) is 0.923. The summed E-state index contributed by atoms with van der Waals surface area (Å²) >= 11 is 0.